The Morgan fingerprint density at radius 1 is 1.18 bits per heavy atom. The van der Waals surface area contributed by atoms with E-state index >= 15 is 0 Å². The van der Waals surface area contributed by atoms with Crippen molar-refractivity contribution in [2.75, 3.05) is 0 Å². The Hall–Kier alpha value is -0.570. The third kappa shape index (κ3) is 3.98. The van der Waals surface area contributed by atoms with Crippen molar-refractivity contribution in [3.63, 3.8) is 0 Å². The lowest BCUT2D eigenvalue weighted by Gasteiger charge is -2.31. The molecule has 1 aliphatic carbocycles. The Labute approximate surface area is 110 Å². The fourth-order valence-corrected chi connectivity index (χ4v) is 2.46. The molecule has 3 heteroatoms. The summed E-state index contributed by atoms with van der Waals surface area (Å²) in [6.45, 7) is 2.16. The van der Waals surface area contributed by atoms with Crippen molar-refractivity contribution in [2.45, 2.75) is 50.8 Å². The quantitative estimate of drug-likeness (QED) is 0.870. The topological polar surface area (TPSA) is 32.3 Å². The zero-order chi connectivity index (χ0) is 11.4. The van der Waals surface area contributed by atoms with Gasteiger partial charge in [-0.3, -0.25) is 0 Å². The highest BCUT2D eigenvalue weighted by Crippen LogP contribution is 2.21. The molecule has 0 amide bonds. The van der Waals surface area contributed by atoms with Crippen LogP contribution in [-0.4, -0.2) is 17.3 Å². The number of aliphatic hydroxyl groups is 1. The summed E-state index contributed by atoms with van der Waals surface area (Å²) in [5.74, 6) is 0. The van der Waals surface area contributed by atoms with Gasteiger partial charge in [-0.25, -0.2) is 0 Å². The van der Waals surface area contributed by atoms with Gasteiger partial charge in [0.25, 0.3) is 0 Å². The molecule has 1 saturated carbocycles. The first kappa shape index (κ1) is 14.5. The van der Waals surface area contributed by atoms with Gasteiger partial charge in [0.1, 0.15) is 0 Å². The number of benzene rings is 1. The minimum absolute atomic E-state index is 0. The van der Waals surface area contributed by atoms with Crippen molar-refractivity contribution < 1.29 is 5.11 Å². The molecule has 3 atom stereocenters. The van der Waals surface area contributed by atoms with Crippen molar-refractivity contribution in [1.29, 1.82) is 0 Å². The van der Waals surface area contributed by atoms with Gasteiger partial charge in [0, 0.05) is 12.1 Å². The van der Waals surface area contributed by atoms with Crippen LogP contribution in [0.5, 0.6) is 0 Å². The van der Waals surface area contributed by atoms with Gasteiger partial charge < -0.3 is 10.4 Å². The van der Waals surface area contributed by atoms with Gasteiger partial charge >= 0.3 is 0 Å². The molecule has 1 fully saturated rings. The SMILES string of the molecule is C[C@@H](N[C@H]1CCCC[C@H]1O)c1ccccc1.Cl. The van der Waals surface area contributed by atoms with Crippen molar-refractivity contribution >= 4 is 12.4 Å². The Balaban J connectivity index is 0.00000144. The lowest BCUT2D eigenvalue weighted by molar-refractivity contribution is 0.0860. The number of rotatable bonds is 3. The van der Waals surface area contributed by atoms with E-state index in [1.807, 2.05) is 6.07 Å². The van der Waals surface area contributed by atoms with Crippen LogP contribution in [0.4, 0.5) is 0 Å². The molecule has 0 unspecified atom stereocenters. The van der Waals surface area contributed by atoms with Crippen molar-refractivity contribution in [2.24, 2.45) is 0 Å². The molecule has 96 valence electrons. The summed E-state index contributed by atoms with van der Waals surface area (Å²) in [4.78, 5) is 0. The highest BCUT2D eigenvalue weighted by atomic mass is 35.5. The molecule has 0 aliphatic heterocycles. The van der Waals surface area contributed by atoms with Crippen LogP contribution in [0.25, 0.3) is 0 Å². The molecule has 0 bridgehead atoms. The molecule has 2 nitrogen and oxygen atoms in total. The van der Waals surface area contributed by atoms with Crippen LogP contribution in [0.3, 0.4) is 0 Å². The van der Waals surface area contributed by atoms with Crippen LogP contribution in [0.15, 0.2) is 30.3 Å². The molecule has 0 radical (unpaired) electrons. The molecule has 1 aromatic carbocycles. The molecule has 0 heterocycles. The smallest absolute Gasteiger partial charge is 0.0693 e. The maximum atomic E-state index is 9.90. The first-order chi connectivity index (χ1) is 7.77. The van der Waals surface area contributed by atoms with E-state index in [1.165, 1.54) is 18.4 Å². The largest absolute Gasteiger partial charge is 0.392 e. The molecule has 2 N–H and O–H groups in total. The molecule has 0 spiro atoms. The maximum Gasteiger partial charge on any atom is 0.0693 e. The zero-order valence-corrected chi connectivity index (χ0v) is 11.1. The second-order valence-electron chi connectivity index (χ2n) is 4.76. The number of halogens is 1. The second-order valence-corrected chi connectivity index (χ2v) is 4.76. The van der Waals surface area contributed by atoms with Gasteiger partial charge in [-0.05, 0) is 25.3 Å². The lowest BCUT2D eigenvalue weighted by atomic mass is 9.91. The zero-order valence-electron chi connectivity index (χ0n) is 10.3. The van der Waals surface area contributed by atoms with Crippen molar-refractivity contribution in [3.05, 3.63) is 35.9 Å². The Bertz CT molecular complexity index is 317. The minimum Gasteiger partial charge on any atom is -0.392 e. The predicted octanol–water partition coefficient (Wildman–Crippen LogP) is 3.06. The Morgan fingerprint density at radius 2 is 1.82 bits per heavy atom. The molecule has 2 rings (SSSR count). The molecule has 1 aromatic rings. The summed E-state index contributed by atoms with van der Waals surface area (Å²) in [6, 6.07) is 11.0. The van der Waals surface area contributed by atoms with Gasteiger partial charge in [-0.1, -0.05) is 43.2 Å². The van der Waals surface area contributed by atoms with E-state index in [4.69, 9.17) is 0 Å². The Morgan fingerprint density at radius 3 is 2.47 bits per heavy atom. The predicted molar refractivity (Wildman–Crippen MR) is 73.5 cm³/mol. The summed E-state index contributed by atoms with van der Waals surface area (Å²) in [5.41, 5.74) is 1.29. The van der Waals surface area contributed by atoms with E-state index in [2.05, 4.69) is 36.5 Å². The maximum absolute atomic E-state index is 9.90. The normalized spacial score (nSPS) is 26.0. The fourth-order valence-electron chi connectivity index (χ4n) is 2.46. The van der Waals surface area contributed by atoms with Crippen LogP contribution >= 0.6 is 12.4 Å². The fraction of sp³-hybridized carbons (Fsp3) is 0.571. The van der Waals surface area contributed by atoms with Crippen LogP contribution in [0.1, 0.15) is 44.2 Å². The number of aliphatic hydroxyl groups excluding tert-OH is 1. The molecule has 0 aromatic heterocycles. The van der Waals surface area contributed by atoms with Gasteiger partial charge in [-0.15, -0.1) is 12.4 Å². The lowest BCUT2D eigenvalue weighted by Crippen LogP contribution is -2.43. The first-order valence-corrected chi connectivity index (χ1v) is 6.26. The van der Waals surface area contributed by atoms with E-state index in [0.29, 0.717) is 6.04 Å². The highest BCUT2D eigenvalue weighted by molar-refractivity contribution is 5.85. The third-order valence-electron chi connectivity index (χ3n) is 3.49. The van der Waals surface area contributed by atoms with Crippen LogP contribution in [0.2, 0.25) is 0 Å². The number of nitrogens with one attached hydrogen (secondary N) is 1. The summed E-state index contributed by atoms with van der Waals surface area (Å²) in [7, 11) is 0. The summed E-state index contributed by atoms with van der Waals surface area (Å²) in [6.07, 6.45) is 4.27. The monoisotopic (exact) mass is 255 g/mol. The Kier molecular flexibility index (Phi) is 5.96. The average Bonchev–Trinajstić information content (AvgIpc) is 2.33. The van der Waals surface area contributed by atoms with Crippen LogP contribution in [0, 0.1) is 0 Å². The number of hydrogen-bond acceptors (Lipinski definition) is 2. The minimum atomic E-state index is -0.167. The molecule has 1 aliphatic rings. The second kappa shape index (κ2) is 7.00. The van der Waals surface area contributed by atoms with Gasteiger partial charge in [-0.2, -0.15) is 0 Å². The highest BCUT2D eigenvalue weighted by Gasteiger charge is 2.24. The van der Waals surface area contributed by atoms with Crippen molar-refractivity contribution in [3.8, 4) is 0 Å². The molecule has 17 heavy (non-hydrogen) atoms. The van der Waals surface area contributed by atoms with E-state index < -0.39 is 0 Å². The van der Waals surface area contributed by atoms with E-state index in [0.717, 1.165) is 12.8 Å². The van der Waals surface area contributed by atoms with Crippen molar-refractivity contribution in [1.82, 2.24) is 5.32 Å². The van der Waals surface area contributed by atoms with E-state index in [1.54, 1.807) is 0 Å². The van der Waals surface area contributed by atoms with Gasteiger partial charge in [0.05, 0.1) is 6.10 Å². The third-order valence-corrected chi connectivity index (χ3v) is 3.49. The van der Waals surface area contributed by atoms with Crippen LogP contribution < -0.4 is 5.32 Å². The average molecular weight is 256 g/mol. The summed E-state index contributed by atoms with van der Waals surface area (Å²) in [5, 5.41) is 13.4. The van der Waals surface area contributed by atoms with E-state index in [-0.39, 0.29) is 24.6 Å². The standard InChI is InChI=1S/C14H21NO.ClH/c1-11(12-7-3-2-4-8-12)15-13-9-5-6-10-14(13)16;/h2-4,7-8,11,13-16H,5-6,9-10H2,1H3;1H/t11-,13+,14-;/m1./s1. The molecular weight excluding hydrogens is 234 g/mol. The summed E-state index contributed by atoms with van der Waals surface area (Å²) < 4.78 is 0. The van der Waals surface area contributed by atoms with E-state index in [9.17, 15) is 5.11 Å². The first-order valence-electron chi connectivity index (χ1n) is 6.26. The van der Waals surface area contributed by atoms with Gasteiger partial charge in [0.2, 0.25) is 0 Å². The molecule has 0 saturated heterocycles. The van der Waals surface area contributed by atoms with Gasteiger partial charge in [0.15, 0.2) is 0 Å². The number of hydrogen-bond donors (Lipinski definition) is 2. The molecular formula is C14H22ClNO. The van der Waals surface area contributed by atoms with Crippen LogP contribution in [-0.2, 0) is 0 Å². The summed E-state index contributed by atoms with van der Waals surface area (Å²) >= 11 is 0.